The van der Waals surface area contributed by atoms with Crippen molar-refractivity contribution in [3.05, 3.63) is 59.8 Å². The molecule has 0 bridgehead atoms. The minimum atomic E-state index is -0.333. The molecule has 1 saturated heterocycles. The number of nitrogens with zero attached hydrogens (tertiary/aromatic N) is 1. The van der Waals surface area contributed by atoms with Crippen LogP contribution in [0.4, 0.5) is 4.39 Å². The number of likely N-dealkylation sites (tertiary alicyclic amines) is 1. The molecule has 2 aromatic rings. The maximum Gasteiger partial charge on any atom is 0.254 e. The minimum Gasteiger partial charge on any atom is -0.467 e. The lowest BCUT2D eigenvalue weighted by Gasteiger charge is -2.23. The first-order valence-corrected chi connectivity index (χ1v) is 6.35. The lowest BCUT2D eigenvalue weighted by atomic mass is 10.1. The monoisotopic (exact) mass is 259 g/mol. The van der Waals surface area contributed by atoms with Gasteiger partial charge in [0.25, 0.3) is 5.91 Å². The molecule has 19 heavy (non-hydrogen) atoms. The summed E-state index contributed by atoms with van der Waals surface area (Å²) in [5.74, 6) is 0.410. The summed E-state index contributed by atoms with van der Waals surface area (Å²) >= 11 is 0. The zero-order valence-electron chi connectivity index (χ0n) is 10.4. The third-order valence-corrected chi connectivity index (χ3v) is 3.48. The molecule has 1 aliphatic rings. The van der Waals surface area contributed by atoms with Gasteiger partial charge in [0.05, 0.1) is 12.3 Å². The van der Waals surface area contributed by atoms with Crippen LogP contribution in [0.3, 0.4) is 0 Å². The Labute approximate surface area is 110 Å². The summed E-state index contributed by atoms with van der Waals surface area (Å²) in [6.45, 7) is 0.710. The molecule has 1 aliphatic heterocycles. The first-order valence-electron chi connectivity index (χ1n) is 6.35. The van der Waals surface area contributed by atoms with Crippen LogP contribution in [0, 0.1) is 5.82 Å². The molecular weight excluding hydrogens is 245 g/mol. The van der Waals surface area contributed by atoms with Gasteiger partial charge in [0.2, 0.25) is 0 Å². The smallest absolute Gasteiger partial charge is 0.254 e. The normalized spacial score (nSPS) is 18.8. The molecule has 1 fully saturated rings. The molecule has 2 heterocycles. The van der Waals surface area contributed by atoms with Crippen molar-refractivity contribution in [2.75, 3.05) is 6.54 Å². The number of carbonyl (C=O) groups is 1. The van der Waals surface area contributed by atoms with Crippen LogP contribution in [-0.2, 0) is 0 Å². The van der Waals surface area contributed by atoms with E-state index in [9.17, 15) is 9.18 Å². The molecule has 0 unspecified atom stereocenters. The van der Waals surface area contributed by atoms with Crippen molar-refractivity contribution in [1.82, 2.24) is 4.90 Å². The van der Waals surface area contributed by atoms with E-state index in [1.54, 1.807) is 11.2 Å². The van der Waals surface area contributed by atoms with E-state index in [0.717, 1.165) is 18.6 Å². The van der Waals surface area contributed by atoms with Gasteiger partial charge in [-0.1, -0.05) is 0 Å². The SMILES string of the molecule is O=C(c1ccc(F)cc1)N1CCC[C@H]1c1ccco1. The Morgan fingerprint density at radius 1 is 1.26 bits per heavy atom. The zero-order chi connectivity index (χ0) is 13.2. The average molecular weight is 259 g/mol. The number of halogens is 1. The van der Waals surface area contributed by atoms with Gasteiger partial charge >= 0.3 is 0 Å². The van der Waals surface area contributed by atoms with Gasteiger partial charge in [0.1, 0.15) is 11.6 Å². The molecule has 4 heteroatoms. The Kier molecular flexibility index (Phi) is 3.07. The van der Waals surface area contributed by atoms with Gasteiger partial charge in [-0.2, -0.15) is 0 Å². The van der Waals surface area contributed by atoms with Crippen molar-refractivity contribution in [3.8, 4) is 0 Å². The Morgan fingerprint density at radius 2 is 2.05 bits per heavy atom. The summed E-state index contributed by atoms with van der Waals surface area (Å²) < 4.78 is 18.3. The number of carbonyl (C=O) groups excluding carboxylic acids is 1. The summed E-state index contributed by atoms with van der Waals surface area (Å²) in [6.07, 6.45) is 3.48. The molecule has 1 aromatic heterocycles. The number of benzene rings is 1. The minimum absolute atomic E-state index is 0.00690. The highest BCUT2D eigenvalue weighted by atomic mass is 19.1. The fourth-order valence-electron chi connectivity index (χ4n) is 2.54. The molecule has 0 radical (unpaired) electrons. The van der Waals surface area contributed by atoms with E-state index in [4.69, 9.17) is 4.42 Å². The van der Waals surface area contributed by atoms with Crippen molar-refractivity contribution in [2.45, 2.75) is 18.9 Å². The lowest BCUT2D eigenvalue weighted by molar-refractivity contribution is 0.0720. The van der Waals surface area contributed by atoms with Gasteiger partial charge in [0, 0.05) is 12.1 Å². The Hall–Kier alpha value is -2.10. The summed E-state index contributed by atoms with van der Waals surface area (Å²) in [5, 5.41) is 0. The van der Waals surface area contributed by atoms with Gasteiger partial charge < -0.3 is 9.32 Å². The number of amides is 1. The van der Waals surface area contributed by atoms with E-state index in [-0.39, 0.29) is 17.8 Å². The highest BCUT2D eigenvalue weighted by Crippen LogP contribution is 2.33. The average Bonchev–Trinajstić information content (AvgIpc) is 3.09. The molecule has 98 valence electrons. The van der Waals surface area contributed by atoms with E-state index in [1.165, 1.54) is 24.3 Å². The van der Waals surface area contributed by atoms with E-state index >= 15 is 0 Å². The van der Waals surface area contributed by atoms with Crippen molar-refractivity contribution < 1.29 is 13.6 Å². The van der Waals surface area contributed by atoms with Gasteiger partial charge in [-0.25, -0.2) is 4.39 Å². The van der Waals surface area contributed by atoms with Crippen LogP contribution in [0.1, 0.15) is 35.0 Å². The molecule has 3 rings (SSSR count). The van der Waals surface area contributed by atoms with E-state index < -0.39 is 0 Å². The third-order valence-electron chi connectivity index (χ3n) is 3.48. The maximum absolute atomic E-state index is 12.9. The summed E-state index contributed by atoms with van der Waals surface area (Å²) in [6, 6.07) is 9.38. The zero-order valence-corrected chi connectivity index (χ0v) is 10.4. The van der Waals surface area contributed by atoms with E-state index in [1.807, 2.05) is 12.1 Å². The van der Waals surface area contributed by atoms with Crippen molar-refractivity contribution in [2.24, 2.45) is 0 Å². The molecule has 0 N–H and O–H groups in total. The molecule has 1 amide bonds. The maximum atomic E-state index is 12.9. The number of furan rings is 1. The molecule has 3 nitrogen and oxygen atoms in total. The topological polar surface area (TPSA) is 33.5 Å². The van der Waals surface area contributed by atoms with Gasteiger partial charge in [-0.3, -0.25) is 4.79 Å². The standard InChI is InChI=1S/C15H14FNO2/c16-12-7-5-11(6-8-12)15(18)17-9-1-3-13(17)14-4-2-10-19-14/h2,4-8,10,13H,1,3,9H2/t13-/m0/s1. The van der Waals surface area contributed by atoms with Crippen molar-refractivity contribution in [3.63, 3.8) is 0 Å². The fraction of sp³-hybridized carbons (Fsp3) is 0.267. The second-order valence-electron chi connectivity index (χ2n) is 4.68. The van der Waals surface area contributed by atoms with Crippen LogP contribution < -0.4 is 0 Å². The van der Waals surface area contributed by atoms with Gasteiger partial charge in [-0.05, 0) is 49.2 Å². The first-order chi connectivity index (χ1) is 9.25. The lowest BCUT2D eigenvalue weighted by Crippen LogP contribution is -2.30. The Balaban J connectivity index is 1.84. The molecule has 1 atom stereocenters. The quantitative estimate of drug-likeness (QED) is 0.828. The van der Waals surface area contributed by atoms with Gasteiger partial charge in [-0.15, -0.1) is 0 Å². The largest absolute Gasteiger partial charge is 0.467 e. The number of hydrogen-bond donors (Lipinski definition) is 0. The Morgan fingerprint density at radius 3 is 2.74 bits per heavy atom. The molecule has 0 aliphatic carbocycles. The van der Waals surface area contributed by atoms with Crippen LogP contribution in [-0.4, -0.2) is 17.4 Å². The van der Waals surface area contributed by atoms with Crippen molar-refractivity contribution in [1.29, 1.82) is 0 Å². The summed E-state index contributed by atoms with van der Waals surface area (Å²) in [4.78, 5) is 14.2. The molecule has 1 aromatic carbocycles. The second-order valence-corrected chi connectivity index (χ2v) is 4.68. The number of rotatable bonds is 2. The first kappa shape index (κ1) is 12.0. The van der Waals surface area contributed by atoms with Crippen LogP contribution in [0.25, 0.3) is 0 Å². The predicted octanol–water partition coefficient (Wildman–Crippen LogP) is 3.40. The highest BCUT2D eigenvalue weighted by molar-refractivity contribution is 5.94. The van der Waals surface area contributed by atoms with Gasteiger partial charge in [0.15, 0.2) is 0 Å². The van der Waals surface area contributed by atoms with E-state index in [2.05, 4.69) is 0 Å². The number of hydrogen-bond acceptors (Lipinski definition) is 2. The highest BCUT2D eigenvalue weighted by Gasteiger charge is 2.32. The van der Waals surface area contributed by atoms with Crippen LogP contribution in [0.2, 0.25) is 0 Å². The van der Waals surface area contributed by atoms with E-state index in [0.29, 0.717) is 12.1 Å². The molecular formula is C15H14FNO2. The second kappa shape index (κ2) is 4.88. The Bertz CT molecular complexity index is 562. The molecule has 0 spiro atoms. The van der Waals surface area contributed by atoms with Crippen LogP contribution >= 0.6 is 0 Å². The van der Waals surface area contributed by atoms with Crippen LogP contribution in [0.5, 0.6) is 0 Å². The predicted molar refractivity (Wildman–Crippen MR) is 68.1 cm³/mol. The molecule has 0 saturated carbocycles. The summed E-state index contributed by atoms with van der Waals surface area (Å²) in [5.41, 5.74) is 0.514. The van der Waals surface area contributed by atoms with Crippen LogP contribution in [0.15, 0.2) is 47.1 Å². The summed E-state index contributed by atoms with van der Waals surface area (Å²) in [7, 11) is 0. The van der Waals surface area contributed by atoms with Crippen molar-refractivity contribution >= 4 is 5.91 Å². The fourth-order valence-corrected chi connectivity index (χ4v) is 2.54. The third kappa shape index (κ3) is 2.26.